The number of tetrazole rings is 1. The standard InChI is InChI=1S/C24H27FN8O2/c1-24(2,3)35-23(34)31-11-8-16(9-12-31)21-14-26-22-20(5-4-10-32(21)22)28-19-7-6-17(13-18(19)25)33-15-27-29-30-33/h4-7,10,13-16,28H,8-9,11-12H2,1-3H3. The number of ether oxygens (including phenoxy) is 1. The number of likely N-dealkylation sites (tertiary alicyclic amines) is 1. The highest BCUT2D eigenvalue weighted by Crippen LogP contribution is 2.32. The molecule has 1 aliphatic rings. The Labute approximate surface area is 201 Å². The summed E-state index contributed by atoms with van der Waals surface area (Å²) in [7, 11) is 0. The molecule has 5 rings (SSSR count). The first-order valence-corrected chi connectivity index (χ1v) is 11.5. The molecule has 0 aliphatic carbocycles. The number of hydrogen-bond donors (Lipinski definition) is 1. The Morgan fingerprint density at radius 2 is 1.97 bits per heavy atom. The minimum Gasteiger partial charge on any atom is -0.444 e. The van der Waals surface area contributed by atoms with Crippen LogP contribution in [-0.2, 0) is 4.74 Å². The lowest BCUT2D eigenvalue weighted by Crippen LogP contribution is -2.41. The summed E-state index contributed by atoms with van der Waals surface area (Å²) in [6.07, 6.45) is 6.60. The van der Waals surface area contributed by atoms with Crippen LogP contribution >= 0.6 is 0 Å². The number of rotatable bonds is 4. The smallest absolute Gasteiger partial charge is 0.410 e. The van der Waals surface area contributed by atoms with Gasteiger partial charge in [-0.25, -0.2) is 18.9 Å². The number of imidazole rings is 1. The minimum absolute atomic E-state index is 0.256. The molecular weight excluding hydrogens is 451 g/mol. The number of anilines is 2. The van der Waals surface area contributed by atoms with Crippen molar-refractivity contribution >= 4 is 23.1 Å². The highest BCUT2D eigenvalue weighted by atomic mass is 19.1. The molecule has 1 N–H and O–H groups in total. The third-order valence-electron chi connectivity index (χ3n) is 5.96. The second-order valence-corrected chi connectivity index (χ2v) is 9.58. The lowest BCUT2D eigenvalue weighted by atomic mass is 9.94. The average molecular weight is 479 g/mol. The number of amides is 1. The van der Waals surface area contributed by atoms with Crippen molar-refractivity contribution in [3.63, 3.8) is 0 Å². The number of nitrogens with one attached hydrogen (secondary N) is 1. The molecule has 0 atom stereocenters. The second-order valence-electron chi connectivity index (χ2n) is 9.58. The lowest BCUT2D eigenvalue weighted by Gasteiger charge is -2.33. The van der Waals surface area contributed by atoms with E-state index in [9.17, 15) is 9.18 Å². The van der Waals surface area contributed by atoms with Crippen molar-refractivity contribution in [1.29, 1.82) is 0 Å². The van der Waals surface area contributed by atoms with Gasteiger partial charge >= 0.3 is 6.09 Å². The number of carbonyl (C=O) groups is 1. The van der Waals surface area contributed by atoms with Crippen LogP contribution in [0, 0.1) is 5.82 Å². The Balaban J connectivity index is 1.32. The van der Waals surface area contributed by atoms with Crippen LogP contribution in [0.25, 0.3) is 11.3 Å². The lowest BCUT2D eigenvalue weighted by molar-refractivity contribution is 0.0204. The third kappa shape index (κ3) is 4.79. The Bertz CT molecular complexity index is 1340. The molecule has 10 nitrogen and oxygen atoms in total. The maximum absolute atomic E-state index is 14.8. The van der Waals surface area contributed by atoms with Crippen molar-refractivity contribution in [2.75, 3.05) is 18.4 Å². The molecular formula is C24H27FN8O2. The van der Waals surface area contributed by atoms with Gasteiger partial charge in [0.15, 0.2) is 5.65 Å². The van der Waals surface area contributed by atoms with Crippen LogP contribution in [0.15, 0.2) is 49.1 Å². The van der Waals surface area contributed by atoms with Crippen LogP contribution in [0.1, 0.15) is 45.2 Å². The van der Waals surface area contributed by atoms with E-state index in [1.165, 1.54) is 17.1 Å². The summed E-state index contributed by atoms with van der Waals surface area (Å²) in [6.45, 7) is 6.87. The molecule has 35 heavy (non-hydrogen) atoms. The zero-order valence-electron chi connectivity index (χ0n) is 19.8. The molecule has 0 bridgehead atoms. The molecule has 1 saturated heterocycles. The van der Waals surface area contributed by atoms with Crippen LogP contribution in [0.2, 0.25) is 0 Å². The van der Waals surface area contributed by atoms with Crippen molar-refractivity contribution in [2.45, 2.75) is 45.1 Å². The number of fused-ring (bicyclic) bond motifs is 1. The SMILES string of the molecule is CC(C)(C)OC(=O)N1CCC(c2cnc3c(Nc4ccc(-n5cnnn5)cc4F)cccn23)CC1. The maximum atomic E-state index is 14.8. The van der Waals surface area contributed by atoms with E-state index < -0.39 is 11.4 Å². The number of halogens is 1. The van der Waals surface area contributed by atoms with Gasteiger partial charge in [0.05, 0.1) is 17.1 Å². The first-order chi connectivity index (χ1) is 16.8. The van der Waals surface area contributed by atoms with E-state index in [-0.39, 0.29) is 12.0 Å². The summed E-state index contributed by atoms with van der Waals surface area (Å²) in [5, 5.41) is 14.1. The Hall–Kier alpha value is -4.02. The van der Waals surface area contributed by atoms with Crippen molar-refractivity contribution in [3.8, 4) is 5.69 Å². The summed E-state index contributed by atoms with van der Waals surface area (Å²) in [5.41, 5.74) is 2.82. The van der Waals surface area contributed by atoms with E-state index in [1.807, 2.05) is 49.7 Å². The van der Waals surface area contributed by atoms with Gasteiger partial charge in [0.2, 0.25) is 0 Å². The summed E-state index contributed by atoms with van der Waals surface area (Å²) in [5.74, 6) is -0.174. The number of nitrogens with zero attached hydrogens (tertiary/aromatic N) is 7. The average Bonchev–Trinajstić information content (AvgIpc) is 3.50. The molecule has 182 valence electrons. The molecule has 1 fully saturated rings. The van der Waals surface area contributed by atoms with Gasteiger partial charge in [0.25, 0.3) is 0 Å². The maximum Gasteiger partial charge on any atom is 0.410 e. The number of benzene rings is 1. The van der Waals surface area contributed by atoms with Gasteiger partial charge in [-0.1, -0.05) is 0 Å². The fourth-order valence-electron chi connectivity index (χ4n) is 4.29. The Kier molecular flexibility index (Phi) is 5.83. The second kappa shape index (κ2) is 8.97. The van der Waals surface area contributed by atoms with E-state index in [0.29, 0.717) is 35.8 Å². The number of pyridine rings is 1. The van der Waals surface area contributed by atoms with Crippen LogP contribution in [0.4, 0.5) is 20.6 Å². The van der Waals surface area contributed by atoms with Crippen LogP contribution in [-0.4, -0.2) is 59.3 Å². The van der Waals surface area contributed by atoms with Crippen LogP contribution in [0.5, 0.6) is 0 Å². The fourth-order valence-corrected chi connectivity index (χ4v) is 4.29. The van der Waals surface area contributed by atoms with Crippen molar-refractivity contribution in [2.24, 2.45) is 0 Å². The number of hydrogen-bond acceptors (Lipinski definition) is 7. The quantitative estimate of drug-likeness (QED) is 0.466. The van der Waals surface area contributed by atoms with E-state index in [4.69, 9.17) is 4.74 Å². The molecule has 0 unspecified atom stereocenters. The van der Waals surface area contributed by atoms with Gasteiger partial charge < -0.3 is 19.4 Å². The molecule has 4 heterocycles. The van der Waals surface area contributed by atoms with Crippen molar-refractivity contribution in [3.05, 3.63) is 60.6 Å². The molecule has 1 aliphatic heterocycles. The highest BCUT2D eigenvalue weighted by molar-refractivity contribution is 5.74. The Morgan fingerprint density at radius 1 is 1.17 bits per heavy atom. The van der Waals surface area contributed by atoms with Gasteiger partial charge in [-0.3, -0.25) is 0 Å². The predicted octanol–water partition coefficient (Wildman–Crippen LogP) is 4.31. The monoisotopic (exact) mass is 478 g/mol. The van der Waals surface area contributed by atoms with Gasteiger partial charge in [0, 0.05) is 43.2 Å². The van der Waals surface area contributed by atoms with Gasteiger partial charge in [-0.15, -0.1) is 5.10 Å². The highest BCUT2D eigenvalue weighted by Gasteiger charge is 2.29. The van der Waals surface area contributed by atoms with Crippen LogP contribution < -0.4 is 5.32 Å². The fraction of sp³-hybridized carbons (Fsp3) is 0.375. The molecule has 4 aromatic rings. The van der Waals surface area contributed by atoms with Gasteiger partial charge in [0.1, 0.15) is 17.7 Å². The largest absolute Gasteiger partial charge is 0.444 e. The normalized spacial score (nSPS) is 14.9. The predicted molar refractivity (Wildman–Crippen MR) is 127 cm³/mol. The zero-order valence-corrected chi connectivity index (χ0v) is 19.8. The number of carbonyl (C=O) groups excluding carboxylic acids is 1. The van der Waals surface area contributed by atoms with Crippen LogP contribution in [0.3, 0.4) is 0 Å². The summed E-state index contributed by atoms with van der Waals surface area (Å²) < 4.78 is 23.7. The topological polar surface area (TPSA) is 102 Å². The molecule has 1 amide bonds. The Morgan fingerprint density at radius 3 is 2.66 bits per heavy atom. The molecule has 0 spiro atoms. The van der Waals surface area contributed by atoms with E-state index in [0.717, 1.165) is 18.5 Å². The molecule has 1 aromatic carbocycles. The minimum atomic E-state index is -0.508. The molecule has 3 aromatic heterocycles. The first-order valence-electron chi connectivity index (χ1n) is 11.5. The summed E-state index contributed by atoms with van der Waals surface area (Å²) in [4.78, 5) is 18.8. The molecule has 0 saturated carbocycles. The number of piperidine rings is 1. The van der Waals surface area contributed by atoms with E-state index in [1.54, 1.807) is 17.0 Å². The first kappa shape index (κ1) is 22.8. The molecule has 0 radical (unpaired) electrons. The summed E-state index contributed by atoms with van der Waals surface area (Å²) in [6, 6.07) is 8.52. The zero-order chi connectivity index (χ0) is 24.6. The number of aromatic nitrogens is 6. The molecule has 11 heteroatoms. The van der Waals surface area contributed by atoms with E-state index in [2.05, 4.69) is 25.8 Å². The third-order valence-corrected chi connectivity index (χ3v) is 5.96. The van der Waals surface area contributed by atoms with Gasteiger partial charge in [-0.2, -0.15) is 0 Å². The van der Waals surface area contributed by atoms with Crippen molar-refractivity contribution in [1.82, 2.24) is 34.5 Å². The van der Waals surface area contributed by atoms with Gasteiger partial charge in [-0.05, 0) is 68.3 Å². The summed E-state index contributed by atoms with van der Waals surface area (Å²) >= 11 is 0. The van der Waals surface area contributed by atoms with Crippen molar-refractivity contribution < 1.29 is 13.9 Å². The van der Waals surface area contributed by atoms with E-state index >= 15 is 0 Å².